The van der Waals surface area contributed by atoms with E-state index in [1.165, 1.54) is 7.11 Å². The Morgan fingerprint density at radius 1 is 1.25 bits per heavy atom. The van der Waals surface area contributed by atoms with E-state index in [-0.39, 0.29) is 5.92 Å². The zero-order valence-electron chi connectivity index (χ0n) is 9.55. The molecule has 0 bridgehead atoms. The Morgan fingerprint density at radius 3 is 2.50 bits per heavy atom. The van der Waals surface area contributed by atoms with Gasteiger partial charge in [-0.05, 0) is 17.2 Å². The first-order chi connectivity index (χ1) is 7.65. The van der Waals surface area contributed by atoms with Crippen molar-refractivity contribution in [1.82, 2.24) is 0 Å². The van der Waals surface area contributed by atoms with Crippen molar-refractivity contribution >= 4 is 5.57 Å². The zero-order valence-corrected chi connectivity index (χ0v) is 9.55. The summed E-state index contributed by atoms with van der Waals surface area (Å²) < 4.78 is 5.10. The third-order valence-electron chi connectivity index (χ3n) is 3.02. The molecule has 0 saturated carbocycles. The van der Waals surface area contributed by atoms with Gasteiger partial charge in [-0.3, -0.25) is 0 Å². The van der Waals surface area contributed by atoms with E-state index in [0.717, 1.165) is 11.1 Å². The van der Waals surface area contributed by atoms with Gasteiger partial charge in [-0.25, -0.2) is 0 Å². The maximum atomic E-state index is 10.1. The fraction of sp³-hybridized carbons (Fsp3) is 0.286. The van der Waals surface area contributed by atoms with Crippen LogP contribution in [0.25, 0.3) is 5.57 Å². The highest BCUT2D eigenvalue weighted by molar-refractivity contribution is 5.75. The maximum absolute atomic E-state index is 10.1. The van der Waals surface area contributed by atoms with Gasteiger partial charge in [0.05, 0.1) is 0 Å². The fourth-order valence-electron chi connectivity index (χ4n) is 1.88. The van der Waals surface area contributed by atoms with Crippen LogP contribution in [0.3, 0.4) is 0 Å². The van der Waals surface area contributed by atoms with E-state index in [1.54, 1.807) is 6.08 Å². The Kier molecular flexibility index (Phi) is 2.95. The van der Waals surface area contributed by atoms with Gasteiger partial charge in [0.15, 0.2) is 5.79 Å². The lowest BCUT2D eigenvalue weighted by Gasteiger charge is -2.31. The third-order valence-corrected chi connectivity index (χ3v) is 3.02. The van der Waals surface area contributed by atoms with Gasteiger partial charge in [0.1, 0.15) is 0 Å². The normalized spacial score (nSPS) is 28.9. The molecule has 0 spiro atoms. The quantitative estimate of drug-likeness (QED) is 0.770. The smallest absolute Gasteiger partial charge is 0.191 e. The molecule has 1 aromatic carbocycles. The van der Waals surface area contributed by atoms with Gasteiger partial charge in [-0.1, -0.05) is 49.4 Å². The van der Waals surface area contributed by atoms with Crippen molar-refractivity contribution in [3.63, 3.8) is 0 Å². The molecule has 0 saturated heterocycles. The topological polar surface area (TPSA) is 29.5 Å². The number of benzene rings is 1. The van der Waals surface area contributed by atoms with Crippen molar-refractivity contribution in [3.05, 3.63) is 54.1 Å². The molecule has 2 rings (SSSR count). The molecule has 0 radical (unpaired) electrons. The average molecular weight is 216 g/mol. The molecule has 0 fully saturated rings. The van der Waals surface area contributed by atoms with Gasteiger partial charge in [0, 0.05) is 13.0 Å². The van der Waals surface area contributed by atoms with E-state index in [2.05, 4.69) is 12.1 Å². The number of ether oxygens (including phenoxy) is 1. The summed E-state index contributed by atoms with van der Waals surface area (Å²) in [5, 5.41) is 10.1. The second-order valence-corrected chi connectivity index (χ2v) is 4.07. The minimum absolute atomic E-state index is 0.0577. The average Bonchev–Trinajstić information content (AvgIpc) is 2.34. The largest absolute Gasteiger partial charge is 0.362 e. The second-order valence-electron chi connectivity index (χ2n) is 4.07. The molecule has 0 aliphatic heterocycles. The van der Waals surface area contributed by atoms with Crippen LogP contribution in [0.4, 0.5) is 0 Å². The molecule has 2 atom stereocenters. The molecule has 2 heteroatoms. The lowest BCUT2D eigenvalue weighted by atomic mass is 9.89. The molecule has 1 aliphatic carbocycles. The van der Waals surface area contributed by atoms with Crippen molar-refractivity contribution in [2.45, 2.75) is 12.7 Å². The van der Waals surface area contributed by atoms with Gasteiger partial charge < -0.3 is 9.84 Å². The van der Waals surface area contributed by atoms with Crippen LogP contribution in [0.15, 0.2) is 48.6 Å². The molecule has 0 aromatic heterocycles. The van der Waals surface area contributed by atoms with Crippen LogP contribution in [0.5, 0.6) is 0 Å². The fourth-order valence-corrected chi connectivity index (χ4v) is 1.88. The van der Waals surface area contributed by atoms with E-state index in [1.807, 2.05) is 37.3 Å². The van der Waals surface area contributed by atoms with Crippen molar-refractivity contribution in [2.24, 2.45) is 5.92 Å². The number of aliphatic hydroxyl groups is 1. The van der Waals surface area contributed by atoms with Crippen LogP contribution in [0.1, 0.15) is 12.5 Å². The molecule has 0 heterocycles. The van der Waals surface area contributed by atoms with Crippen molar-refractivity contribution < 1.29 is 9.84 Å². The second kappa shape index (κ2) is 4.24. The summed E-state index contributed by atoms with van der Waals surface area (Å²) in [5.74, 6) is -1.23. The van der Waals surface area contributed by atoms with Gasteiger partial charge in [-0.2, -0.15) is 0 Å². The Labute approximate surface area is 95.9 Å². The molecule has 2 unspecified atom stereocenters. The number of methoxy groups -OCH3 is 1. The summed E-state index contributed by atoms with van der Waals surface area (Å²) in [6, 6.07) is 10.1. The maximum Gasteiger partial charge on any atom is 0.191 e. The van der Waals surface area contributed by atoms with Gasteiger partial charge in [0.2, 0.25) is 0 Å². The highest BCUT2D eigenvalue weighted by atomic mass is 16.6. The molecule has 1 aliphatic rings. The standard InChI is InChI=1S/C14H16O2/c1-11-10-13(8-9-14(11,15)16-2)12-6-4-3-5-7-12/h3-11,15H,1-2H3. The first kappa shape index (κ1) is 11.1. The predicted molar refractivity (Wildman–Crippen MR) is 64.7 cm³/mol. The number of hydrogen-bond acceptors (Lipinski definition) is 2. The molecule has 0 amide bonds. The molecule has 16 heavy (non-hydrogen) atoms. The third kappa shape index (κ3) is 1.94. The Hall–Kier alpha value is -1.38. The number of hydrogen-bond donors (Lipinski definition) is 1. The Balaban J connectivity index is 2.30. The van der Waals surface area contributed by atoms with Crippen LogP contribution in [0.2, 0.25) is 0 Å². The summed E-state index contributed by atoms with van der Waals surface area (Å²) >= 11 is 0. The van der Waals surface area contributed by atoms with Crippen molar-refractivity contribution in [3.8, 4) is 0 Å². The molecule has 84 valence electrons. The van der Waals surface area contributed by atoms with Crippen LogP contribution >= 0.6 is 0 Å². The number of rotatable bonds is 2. The van der Waals surface area contributed by atoms with E-state index < -0.39 is 5.79 Å². The summed E-state index contributed by atoms with van der Waals surface area (Å²) in [6.45, 7) is 1.94. The van der Waals surface area contributed by atoms with E-state index in [0.29, 0.717) is 0 Å². The summed E-state index contributed by atoms with van der Waals surface area (Å²) in [6.07, 6.45) is 5.64. The summed E-state index contributed by atoms with van der Waals surface area (Å²) in [4.78, 5) is 0. The first-order valence-electron chi connectivity index (χ1n) is 5.40. The predicted octanol–water partition coefficient (Wildman–Crippen LogP) is 2.61. The van der Waals surface area contributed by atoms with Gasteiger partial charge in [-0.15, -0.1) is 0 Å². The van der Waals surface area contributed by atoms with Gasteiger partial charge >= 0.3 is 0 Å². The molecule has 1 aromatic rings. The molecule has 2 nitrogen and oxygen atoms in total. The molecule has 1 N–H and O–H groups in total. The molecular weight excluding hydrogens is 200 g/mol. The lowest BCUT2D eigenvalue weighted by molar-refractivity contribution is -0.169. The summed E-state index contributed by atoms with van der Waals surface area (Å²) in [5.41, 5.74) is 2.28. The van der Waals surface area contributed by atoms with E-state index in [9.17, 15) is 5.11 Å². The van der Waals surface area contributed by atoms with Gasteiger partial charge in [0.25, 0.3) is 0 Å². The SMILES string of the molecule is COC1(O)C=CC(c2ccccc2)=CC1C. The Morgan fingerprint density at radius 2 is 1.94 bits per heavy atom. The minimum Gasteiger partial charge on any atom is -0.362 e. The minimum atomic E-state index is -1.17. The first-order valence-corrected chi connectivity index (χ1v) is 5.40. The van der Waals surface area contributed by atoms with Crippen LogP contribution in [-0.4, -0.2) is 18.0 Å². The summed E-state index contributed by atoms with van der Waals surface area (Å²) in [7, 11) is 1.52. The monoisotopic (exact) mass is 216 g/mol. The Bertz CT molecular complexity index is 420. The number of allylic oxidation sites excluding steroid dienone is 2. The van der Waals surface area contributed by atoms with Crippen molar-refractivity contribution in [2.75, 3.05) is 7.11 Å². The zero-order chi connectivity index (χ0) is 11.6. The van der Waals surface area contributed by atoms with Crippen molar-refractivity contribution in [1.29, 1.82) is 0 Å². The van der Waals surface area contributed by atoms with E-state index in [4.69, 9.17) is 4.74 Å². The highest BCUT2D eigenvalue weighted by Crippen LogP contribution is 2.31. The van der Waals surface area contributed by atoms with Crippen LogP contribution in [-0.2, 0) is 4.74 Å². The van der Waals surface area contributed by atoms with E-state index >= 15 is 0 Å². The molecular formula is C14H16O2. The lowest BCUT2D eigenvalue weighted by Crippen LogP contribution is -2.36. The highest BCUT2D eigenvalue weighted by Gasteiger charge is 2.32. The van der Waals surface area contributed by atoms with Crippen LogP contribution < -0.4 is 0 Å². The van der Waals surface area contributed by atoms with Crippen LogP contribution in [0, 0.1) is 5.92 Å².